The van der Waals surface area contributed by atoms with Gasteiger partial charge in [-0.2, -0.15) is 0 Å². The fourth-order valence-corrected chi connectivity index (χ4v) is 5.74. The standard InChI is InChI=1S/C19H30INO8.C19H31NO8/c1-10(2)15(22)28-14-11(3)27-17(24)13(21-18(25)29-19(4,5)6)9-26-16(23)12(14)7-8-20;1-8-12-14(27-15(21)10(2)3)11(4)26-17(23)13(9-25-16(12)22)20-18(24)28-19(5,6)7/h10-14H,7-9H2,1-6H3,(H,21,25);10-14H,8-9H2,1-7H3,(H,20,24)/t2*11-,12+,13-,14-/m00/s1. The minimum atomic E-state index is -1.24. The van der Waals surface area contributed by atoms with Crippen molar-refractivity contribution in [1.82, 2.24) is 10.6 Å². The number of esters is 6. The summed E-state index contributed by atoms with van der Waals surface area (Å²) in [6.07, 6.45) is -4.78. The molecule has 8 atom stereocenters. The summed E-state index contributed by atoms with van der Waals surface area (Å²) in [6, 6.07) is -2.48. The van der Waals surface area contributed by atoms with Crippen molar-refractivity contribution in [3.8, 4) is 0 Å². The van der Waals surface area contributed by atoms with Crippen LogP contribution in [-0.2, 0) is 66.7 Å². The molecule has 0 saturated carbocycles. The van der Waals surface area contributed by atoms with E-state index in [9.17, 15) is 38.4 Å². The minimum Gasteiger partial charge on any atom is -0.463 e. The van der Waals surface area contributed by atoms with Gasteiger partial charge in [0.05, 0.1) is 23.7 Å². The number of rotatable bonds is 9. The Kier molecular flexibility index (Phi) is 20.5. The van der Waals surface area contributed by atoms with E-state index in [0.29, 0.717) is 17.3 Å². The molecule has 2 aliphatic heterocycles. The summed E-state index contributed by atoms with van der Waals surface area (Å²) in [7, 11) is 0. The molecule has 0 spiro atoms. The summed E-state index contributed by atoms with van der Waals surface area (Å²) in [5.41, 5.74) is -1.53. The number of ether oxygens (including phenoxy) is 8. The summed E-state index contributed by atoms with van der Waals surface area (Å²) in [5, 5.41) is 4.71. The van der Waals surface area contributed by atoms with Gasteiger partial charge in [-0.15, -0.1) is 0 Å². The maximum atomic E-state index is 12.7. The van der Waals surface area contributed by atoms with E-state index < -0.39 is 133 Å². The highest BCUT2D eigenvalue weighted by molar-refractivity contribution is 14.1. The van der Waals surface area contributed by atoms with E-state index in [-0.39, 0.29) is 0 Å². The number of alkyl carbamates (subject to hydrolysis) is 2. The van der Waals surface area contributed by atoms with Crippen LogP contribution in [-0.4, -0.2) is 113 Å². The van der Waals surface area contributed by atoms with Crippen molar-refractivity contribution in [1.29, 1.82) is 0 Å². The number of amides is 2. The van der Waals surface area contributed by atoms with E-state index >= 15 is 0 Å². The lowest BCUT2D eigenvalue weighted by Crippen LogP contribution is -2.48. The number of carbonyl (C=O) groups excluding carboxylic acids is 8. The molecule has 0 aromatic heterocycles. The number of carbonyl (C=O) groups is 8. The van der Waals surface area contributed by atoms with E-state index in [4.69, 9.17) is 37.9 Å². The number of hydrogen-bond donors (Lipinski definition) is 2. The van der Waals surface area contributed by atoms with Crippen molar-refractivity contribution in [3.63, 3.8) is 0 Å². The van der Waals surface area contributed by atoms with Crippen LogP contribution in [0.15, 0.2) is 0 Å². The normalized spacial score (nSPS) is 26.0. The first-order chi connectivity index (χ1) is 26.2. The molecule has 326 valence electrons. The topological polar surface area (TPSA) is 234 Å². The van der Waals surface area contributed by atoms with Crippen LogP contribution in [0.4, 0.5) is 9.59 Å². The first-order valence-electron chi connectivity index (χ1n) is 18.9. The summed E-state index contributed by atoms with van der Waals surface area (Å²) in [4.78, 5) is 98.3. The molecule has 0 unspecified atom stereocenters. The van der Waals surface area contributed by atoms with Crippen LogP contribution in [0, 0.1) is 23.7 Å². The van der Waals surface area contributed by atoms with Crippen LogP contribution in [0.1, 0.15) is 103 Å². The van der Waals surface area contributed by atoms with Gasteiger partial charge in [-0.25, -0.2) is 19.2 Å². The number of hydrogen-bond acceptors (Lipinski definition) is 16. The highest BCUT2D eigenvalue weighted by atomic mass is 127. The van der Waals surface area contributed by atoms with Crippen LogP contribution in [0.3, 0.4) is 0 Å². The molecule has 2 amide bonds. The first-order valence-corrected chi connectivity index (χ1v) is 20.4. The quantitative estimate of drug-likeness (QED) is 0.142. The third-order valence-corrected chi connectivity index (χ3v) is 8.59. The Morgan fingerprint density at radius 2 is 1.02 bits per heavy atom. The molecule has 19 heteroatoms. The van der Waals surface area contributed by atoms with Gasteiger partial charge in [0.15, 0.2) is 24.3 Å². The van der Waals surface area contributed by atoms with E-state index in [1.807, 2.05) is 0 Å². The molecule has 2 aliphatic rings. The van der Waals surface area contributed by atoms with Gasteiger partial charge in [-0.3, -0.25) is 19.2 Å². The minimum absolute atomic E-state index is 0.320. The Morgan fingerprint density at radius 1 is 0.667 bits per heavy atom. The van der Waals surface area contributed by atoms with Crippen molar-refractivity contribution in [2.45, 2.75) is 151 Å². The molecule has 2 heterocycles. The van der Waals surface area contributed by atoms with Crippen LogP contribution in [0.25, 0.3) is 0 Å². The lowest BCUT2D eigenvalue weighted by molar-refractivity contribution is -0.177. The van der Waals surface area contributed by atoms with E-state index in [2.05, 4.69) is 33.2 Å². The maximum absolute atomic E-state index is 12.7. The molecular weight excluding hydrogens is 867 g/mol. The molecule has 0 aromatic carbocycles. The molecule has 2 fully saturated rings. The Hall–Kier alpha value is -3.91. The fourth-order valence-electron chi connectivity index (χ4n) is 5.06. The van der Waals surface area contributed by atoms with Gasteiger partial charge < -0.3 is 48.5 Å². The van der Waals surface area contributed by atoms with Crippen molar-refractivity contribution < 1.29 is 76.3 Å². The summed E-state index contributed by atoms with van der Waals surface area (Å²) in [5.74, 6) is -6.31. The largest absolute Gasteiger partial charge is 0.463 e. The maximum Gasteiger partial charge on any atom is 0.408 e. The average molecular weight is 929 g/mol. The number of cyclic esters (lactones) is 4. The number of alkyl halides is 1. The molecular formula is C38H61IN2O16. The van der Waals surface area contributed by atoms with E-state index in [1.54, 1.807) is 83.1 Å². The zero-order valence-electron chi connectivity index (χ0n) is 35.2. The summed E-state index contributed by atoms with van der Waals surface area (Å²) >= 11 is 2.10. The summed E-state index contributed by atoms with van der Waals surface area (Å²) < 4.78 is 43.0. The van der Waals surface area contributed by atoms with Gasteiger partial charge in [0, 0.05) is 4.43 Å². The van der Waals surface area contributed by atoms with Gasteiger partial charge >= 0.3 is 48.0 Å². The molecule has 2 saturated heterocycles. The Morgan fingerprint density at radius 3 is 1.33 bits per heavy atom. The van der Waals surface area contributed by atoms with Crippen LogP contribution >= 0.6 is 22.6 Å². The third kappa shape index (κ3) is 18.1. The molecule has 2 rings (SSSR count). The second-order valence-corrected chi connectivity index (χ2v) is 17.2. The van der Waals surface area contributed by atoms with Gasteiger partial charge in [0.25, 0.3) is 0 Å². The molecule has 0 bridgehead atoms. The SMILES string of the molecule is CC(C)C(=O)O[C@H]1[C@H](C)OC(=O)[C@@H](NC(=O)OC(C)(C)C)COC(=O)[C@@H]1CCI.CC[C@H]1C(=O)OC[C@H](NC(=O)OC(C)(C)C)C(=O)O[C@@H](C)[C@@H]1OC(=O)C(C)C. The second-order valence-electron chi connectivity index (χ2n) is 16.2. The van der Waals surface area contributed by atoms with E-state index in [1.165, 1.54) is 6.92 Å². The number of nitrogens with one attached hydrogen (secondary N) is 2. The molecule has 18 nitrogen and oxygen atoms in total. The van der Waals surface area contributed by atoms with Crippen LogP contribution in [0.5, 0.6) is 0 Å². The Bertz CT molecular complexity index is 1420. The molecule has 0 aromatic rings. The highest BCUT2D eigenvalue weighted by Gasteiger charge is 2.43. The monoisotopic (exact) mass is 928 g/mol. The van der Waals surface area contributed by atoms with Crippen molar-refractivity contribution >= 4 is 70.6 Å². The number of halogens is 1. The molecule has 2 N–H and O–H groups in total. The van der Waals surface area contributed by atoms with Crippen LogP contribution in [0.2, 0.25) is 0 Å². The molecule has 0 aliphatic carbocycles. The molecule has 0 radical (unpaired) electrons. The van der Waals surface area contributed by atoms with Crippen molar-refractivity contribution in [2.24, 2.45) is 23.7 Å². The van der Waals surface area contributed by atoms with Gasteiger partial charge in [0.1, 0.15) is 36.6 Å². The average Bonchev–Trinajstić information content (AvgIpc) is 3.12. The lowest BCUT2D eigenvalue weighted by atomic mass is 9.95. The Balaban J connectivity index is 0.000000570. The van der Waals surface area contributed by atoms with Gasteiger partial charge in [-0.05, 0) is 68.2 Å². The smallest absolute Gasteiger partial charge is 0.408 e. The third-order valence-electron chi connectivity index (χ3n) is 7.97. The van der Waals surface area contributed by atoms with Crippen LogP contribution < -0.4 is 10.6 Å². The predicted molar refractivity (Wildman–Crippen MR) is 210 cm³/mol. The fraction of sp³-hybridized carbons (Fsp3) is 0.789. The van der Waals surface area contributed by atoms with Crippen molar-refractivity contribution in [2.75, 3.05) is 17.6 Å². The zero-order chi connectivity index (χ0) is 44.0. The highest BCUT2D eigenvalue weighted by Crippen LogP contribution is 2.26. The predicted octanol–water partition coefficient (Wildman–Crippen LogP) is 4.34. The van der Waals surface area contributed by atoms with E-state index in [0.717, 1.165) is 0 Å². The second kappa shape index (κ2) is 22.9. The summed E-state index contributed by atoms with van der Waals surface area (Å²) in [6.45, 7) is 20.7. The van der Waals surface area contributed by atoms with Gasteiger partial charge in [-0.1, -0.05) is 57.2 Å². The van der Waals surface area contributed by atoms with Crippen molar-refractivity contribution in [3.05, 3.63) is 0 Å². The zero-order valence-corrected chi connectivity index (χ0v) is 37.4. The first kappa shape index (κ1) is 51.1. The lowest BCUT2D eigenvalue weighted by Gasteiger charge is -2.29. The molecule has 57 heavy (non-hydrogen) atoms. The van der Waals surface area contributed by atoms with Gasteiger partial charge in [0.2, 0.25) is 0 Å². The Labute approximate surface area is 348 Å².